The van der Waals surface area contributed by atoms with Crippen LogP contribution in [0.15, 0.2) is 18.2 Å². The van der Waals surface area contributed by atoms with Crippen LogP contribution in [0.4, 0.5) is 4.39 Å². The Kier molecular flexibility index (Phi) is 5.61. The van der Waals surface area contributed by atoms with Gasteiger partial charge in [0.1, 0.15) is 11.9 Å². The van der Waals surface area contributed by atoms with Gasteiger partial charge >= 0.3 is 0 Å². The molecule has 0 fully saturated rings. The maximum atomic E-state index is 13.1. The molecular formula is C13H17FN2O. The van der Waals surface area contributed by atoms with Crippen molar-refractivity contribution in [3.05, 3.63) is 35.1 Å². The molecule has 1 aromatic rings. The predicted octanol–water partition coefficient (Wildman–Crippen LogP) is 2.21. The van der Waals surface area contributed by atoms with E-state index in [0.717, 1.165) is 12.1 Å². The fraction of sp³-hybridized carbons (Fsp3) is 0.462. The van der Waals surface area contributed by atoms with Crippen LogP contribution in [0.1, 0.15) is 25.0 Å². The number of benzene rings is 1. The third-order valence-electron chi connectivity index (χ3n) is 2.36. The minimum atomic E-state index is -0.473. The van der Waals surface area contributed by atoms with E-state index >= 15 is 0 Å². The summed E-state index contributed by atoms with van der Waals surface area (Å²) in [5.74, 6) is -0.473. The van der Waals surface area contributed by atoms with Crippen molar-refractivity contribution >= 4 is 0 Å². The van der Waals surface area contributed by atoms with E-state index in [1.54, 1.807) is 12.1 Å². The van der Waals surface area contributed by atoms with Crippen LogP contribution in [0.25, 0.3) is 0 Å². The van der Waals surface area contributed by atoms with Gasteiger partial charge in [-0.05, 0) is 31.5 Å². The van der Waals surface area contributed by atoms with E-state index in [1.807, 2.05) is 19.9 Å². The summed E-state index contributed by atoms with van der Waals surface area (Å²) >= 11 is 0. The average molecular weight is 236 g/mol. The van der Waals surface area contributed by atoms with Crippen LogP contribution < -0.4 is 5.32 Å². The van der Waals surface area contributed by atoms with Crippen LogP contribution in [-0.4, -0.2) is 19.3 Å². The van der Waals surface area contributed by atoms with Crippen molar-refractivity contribution in [1.82, 2.24) is 5.32 Å². The second-order valence-corrected chi connectivity index (χ2v) is 3.82. The second kappa shape index (κ2) is 7.00. The summed E-state index contributed by atoms with van der Waals surface area (Å²) in [7, 11) is 0. The normalized spacial score (nSPS) is 12.1. The minimum absolute atomic E-state index is 0.0853. The first-order chi connectivity index (χ1) is 8.17. The molecule has 0 aromatic heterocycles. The number of nitriles is 1. The molecule has 1 aromatic carbocycles. The van der Waals surface area contributed by atoms with Gasteiger partial charge in [0.25, 0.3) is 0 Å². The first-order valence-electron chi connectivity index (χ1n) is 5.68. The van der Waals surface area contributed by atoms with Crippen molar-refractivity contribution in [2.75, 3.05) is 13.2 Å². The lowest BCUT2D eigenvalue weighted by Gasteiger charge is -2.12. The van der Waals surface area contributed by atoms with Crippen molar-refractivity contribution in [1.29, 1.82) is 5.26 Å². The van der Waals surface area contributed by atoms with Crippen LogP contribution in [0.3, 0.4) is 0 Å². The number of nitrogens with one attached hydrogen (secondary N) is 1. The van der Waals surface area contributed by atoms with Crippen LogP contribution >= 0.6 is 0 Å². The van der Waals surface area contributed by atoms with Crippen LogP contribution in [0, 0.1) is 17.1 Å². The van der Waals surface area contributed by atoms with Crippen molar-refractivity contribution in [2.24, 2.45) is 0 Å². The molecule has 0 radical (unpaired) electrons. The highest BCUT2D eigenvalue weighted by atomic mass is 19.1. The number of nitrogens with zero attached hydrogens (tertiary/aromatic N) is 1. The Labute approximate surface area is 101 Å². The number of hydrogen-bond acceptors (Lipinski definition) is 3. The lowest BCUT2D eigenvalue weighted by molar-refractivity contribution is 0.0759. The largest absolute Gasteiger partial charge is 0.377 e. The van der Waals surface area contributed by atoms with E-state index in [0.29, 0.717) is 13.2 Å². The molecule has 1 atom stereocenters. The smallest absolute Gasteiger partial charge is 0.140 e. The molecule has 0 bridgehead atoms. The lowest BCUT2D eigenvalue weighted by Crippen LogP contribution is -2.26. The molecular weight excluding hydrogens is 219 g/mol. The molecule has 0 saturated heterocycles. The van der Waals surface area contributed by atoms with E-state index in [-0.39, 0.29) is 11.7 Å². The second-order valence-electron chi connectivity index (χ2n) is 3.82. The SMILES string of the molecule is CCOC(C)CNCc1ccc(F)c(C#N)c1. The Balaban J connectivity index is 2.45. The van der Waals surface area contributed by atoms with E-state index in [9.17, 15) is 4.39 Å². The molecule has 1 rings (SSSR count). The Morgan fingerprint density at radius 1 is 1.53 bits per heavy atom. The Morgan fingerprint density at radius 2 is 2.29 bits per heavy atom. The molecule has 4 heteroatoms. The van der Waals surface area contributed by atoms with Crippen molar-refractivity contribution in [3.8, 4) is 6.07 Å². The number of hydrogen-bond donors (Lipinski definition) is 1. The third kappa shape index (κ3) is 4.51. The molecule has 0 heterocycles. The highest BCUT2D eigenvalue weighted by Gasteiger charge is 2.03. The molecule has 1 unspecified atom stereocenters. The van der Waals surface area contributed by atoms with Crippen LogP contribution in [0.5, 0.6) is 0 Å². The van der Waals surface area contributed by atoms with Crippen molar-refractivity contribution in [2.45, 2.75) is 26.5 Å². The Bertz CT molecular complexity index is 401. The maximum absolute atomic E-state index is 13.1. The lowest BCUT2D eigenvalue weighted by atomic mass is 10.1. The molecule has 0 spiro atoms. The quantitative estimate of drug-likeness (QED) is 0.823. The van der Waals surface area contributed by atoms with Gasteiger partial charge < -0.3 is 10.1 Å². The molecule has 0 aliphatic rings. The molecule has 0 amide bonds. The maximum Gasteiger partial charge on any atom is 0.140 e. The number of halogens is 1. The molecule has 0 aliphatic carbocycles. The molecule has 92 valence electrons. The monoisotopic (exact) mass is 236 g/mol. The third-order valence-corrected chi connectivity index (χ3v) is 2.36. The van der Waals surface area contributed by atoms with E-state index in [4.69, 9.17) is 10.00 Å². The van der Waals surface area contributed by atoms with Gasteiger partial charge in [-0.2, -0.15) is 5.26 Å². The zero-order valence-electron chi connectivity index (χ0n) is 10.2. The highest BCUT2D eigenvalue weighted by Crippen LogP contribution is 2.09. The topological polar surface area (TPSA) is 45.0 Å². The van der Waals surface area contributed by atoms with Crippen molar-refractivity contribution in [3.63, 3.8) is 0 Å². The average Bonchev–Trinajstić information content (AvgIpc) is 2.31. The van der Waals surface area contributed by atoms with E-state index < -0.39 is 5.82 Å². The fourth-order valence-corrected chi connectivity index (χ4v) is 1.53. The summed E-state index contributed by atoms with van der Waals surface area (Å²) in [6, 6.07) is 6.39. The zero-order chi connectivity index (χ0) is 12.7. The molecule has 0 aliphatic heterocycles. The van der Waals surface area contributed by atoms with Crippen molar-refractivity contribution < 1.29 is 9.13 Å². The summed E-state index contributed by atoms with van der Waals surface area (Å²) in [5, 5.41) is 11.9. The summed E-state index contributed by atoms with van der Waals surface area (Å²) < 4.78 is 18.4. The molecule has 3 nitrogen and oxygen atoms in total. The first-order valence-corrected chi connectivity index (χ1v) is 5.68. The number of ether oxygens (including phenoxy) is 1. The Hall–Kier alpha value is -1.44. The highest BCUT2D eigenvalue weighted by molar-refractivity contribution is 5.34. The molecule has 1 N–H and O–H groups in total. The zero-order valence-corrected chi connectivity index (χ0v) is 10.2. The Morgan fingerprint density at radius 3 is 2.94 bits per heavy atom. The first kappa shape index (κ1) is 13.6. The predicted molar refractivity (Wildman–Crippen MR) is 63.9 cm³/mol. The standard InChI is InChI=1S/C13H17FN2O/c1-3-17-10(2)8-16-9-11-4-5-13(14)12(6-11)7-15/h4-6,10,16H,3,8-9H2,1-2H3. The summed E-state index contributed by atoms with van der Waals surface area (Å²) in [6.07, 6.45) is 0.149. The van der Waals surface area contributed by atoms with Crippen LogP contribution in [-0.2, 0) is 11.3 Å². The molecule has 17 heavy (non-hydrogen) atoms. The van der Waals surface area contributed by atoms with Crippen LogP contribution in [0.2, 0.25) is 0 Å². The van der Waals surface area contributed by atoms with Gasteiger partial charge in [0.2, 0.25) is 0 Å². The van der Waals surface area contributed by atoms with Gasteiger partial charge in [-0.3, -0.25) is 0 Å². The summed E-state index contributed by atoms with van der Waals surface area (Å²) in [5.41, 5.74) is 0.980. The summed E-state index contributed by atoms with van der Waals surface area (Å²) in [4.78, 5) is 0. The van der Waals surface area contributed by atoms with Gasteiger partial charge in [0, 0.05) is 19.7 Å². The van der Waals surface area contributed by atoms with Gasteiger partial charge in [0.05, 0.1) is 11.7 Å². The fourth-order valence-electron chi connectivity index (χ4n) is 1.53. The van der Waals surface area contributed by atoms with Gasteiger partial charge in [-0.25, -0.2) is 4.39 Å². The van der Waals surface area contributed by atoms with E-state index in [2.05, 4.69) is 5.32 Å². The number of rotatable bonds is 6. The molecule has 0 saturated carbocycles. The van der Waals surface area contributed by atoms with Gasteiger partial charge in [0.15, 0.2) is 0 Å². The summed E-state index contributed by atoms with van der Waals surface area (Å²) in [6.45, 7) is 5.97. The van der Waals surface area contributed by atoms with Gasteiger partial charge in [-0.1, -0.05) is 6.07 Å². The van der Waals surface area contributed by atoms with E-state index in [1.165, 1.54) is 6.07 Å². The van der Waals surface area contributed by atoms with Gasteiger partial charge in [-0.15, -0.1) is 0 Å². The minimum Gasteiger partial charge on any atom is -0.377 e.